The molecule has 0 saturated carbocycles. The van der Waals surface area contributed by atoms with E-state index in [1.165, 1.54) is 16.8 Å². The summed E-state index contributed by atoms with van der Waals surface area (Å²) in [4.78, 5) is 2.44. The van der Waals surface area contributed by atoms with Gasteiger partial charge in [-0.05, 0) is 30.2 Å². The first-order valence-corrected chi connectivity index (χ1v) is 7.56. The van der Waals surface area contributed by atoms with Crippen LogP contribution in [0.3, 0.4) is 0 Å². The third-order valence-corrected chi connectivity index (χ3v) is 3.88. The van der Waals surface area contributed by atoms with E-state index in [1.54, 1.807) is 0 Å². The van der Waals surface area contributed by atoms with Crippen LogP contribution in [0.25, 0.3) is 0 Å². The summed E-state index contributed by atoms with van der Waals surface area (Å²) in [7, 11) is 0. The number of benzene rings is 2. The maximum absolute atomic E-state index is 5.84. The van der Waals surface area contributed by atoms with Gasteiger partial charge in [0.1, 0.15) is 12.4 Å². The van der Waals surface area contributed by atoms with Crippen LogP contribution in [-0.2, 0) is 6.54 Å². The predicted molar refractivity (Wildman–Crippen MR) is 87.0 cm³/mol. The molecule has 2 aromatic carbocycles. The molecule has 0 aliphatic carbocycles. The van der Waals surface area contributed by atoms with Crippen molar-refractivity contribution in [2.45, 2.75) is 13.5 Å². The van der Waals surface area contributed by atoms with Gasteiger partial charge in [-0.15, -0.1) is 0 Å². The second kappa shape index (κ2) is 6.64. The zero-order chi connectivity index (χ0) is 14.5. The molecule has 0 unspecified atom stereocenters. The topological polar surface area (TPSA) is 24.5 Å². The Kier molecular flexibility index (Phi) is 4.41. The number of aryl methyl sites for hydroxylation is 1. The fourth-order valence-corrected chi connectivity index (χ4v) is 2.88. The molecule has 0 atom stereocenters. The van der Waals surface area contributed by atoms with Gasteiger partial charge in [-0.1, -0.05) is 36.4 Å². The molecule has 2 aromatic rings. The molecule has 0 bridgehead atoms. The molecule has 0 radical (unpaired) electrons. The van der Waals surface area contributed by atoms with Crippen molar-refractivity contribution < 1.29 is 4.74 Å². The largest absolute Gasteiger partial charge is 0.492 e. The third-order valence-electron chi connectivity index (χ3n) is 3.88. The lowest BCUT2D eigenvalue weighted by Gasteiger charge is -2.26. The number of anilines is 1. The van der Waals surface area contributed by atoms with E-state index in [0.717, 1.165) is 31.9 Å². The van der Waals surface area contributed by atoms with Crippen LogP contribution in [-0.4, -0.2) is 26.2 Å². The van der Waals surface area contributed by atoms with E-state index in [2.05, 4.69) is 35.3 Å². The smallest absolute Gasteiger partial charge is 0.119 e. The average molecular weight is 282 g/mol. The number of nitrogens with one attached hydrogen (secondary N) is 1. The molecule has 1 N–H and O–H groups in total. The molecule has 0 fully saturated rings. The van der Waals surface area contributed by atoms with Crippen molar-refractivity contribution in [3.05, 3.63) is 59.7 Å². The quantitative estimate of drug-likeness (QED) is 0.933. The molecule has 0 spiro atoms. The van der Waals surface area contributed by atoms with Crippen LogP contribution in [0.4, 0.5) is 5.69 Å². The van der Waals surface area contributed by atoms with Crippen LogP contribution in [0.5, 0.6) is 5.75 Å². The van der Waals surface area contributed by atoms with Crippen molar-refractivity contribution >= 4 is 5.69 Å². The van der Waals surface area contributed by atoms with Gasteiger partial charge in [0.05, 0.1) is 6.54 Å². The average Bonchev–Trinajstić information content (AvgIpc) is 2.72. The van der Waals surface area contributed by atoms with Crippen LogP contribution in [0.2, 0.25) is 0 Å². The van der Waals surface area contributed by atoms with Crippen molar-refractivity contribution in [2.24, 2.45) is 0 Å². The number of hydrogen-bond acceptors (Lipinski definition) is 3. The van der Waals surface area contributed by atoms with Gasteiger partial charge in [-0.25, -0.2) is 0 Å². The SMILES string of the molecule is Cc1cccc2c1N(CCOc1ccccc1)CCNC2. The number of para-hydroxylation sites is 2. The number of ether oxygens (including phenoxy) is 1. The molecular weight excluding hydrogens is 260 g/mol. The van der Waals surface area contributed by atoms with Gasteiger partial charge in [0, 0.05) is 25.3 Å². The first-order chi connectivity index (χ1) is 10.3. The van der Waals surface area contributed by atoms with Crippen LogP contribution in [0.1, 0.15) is 11.1 Å². The summed E-state index contributed by atoms with van der Waals surface area (Å²) in [6.45, 7) is 6.80. The van der Waals surface area contributed by atoms with E-state index in [-0.39, 0.29) is 0 Å². The van der Waals surface area contributed by atoms with Crippen molar-refractivity contribution in [3.63, 3.8) is 0 Å². The van der Waals surface area contributed by atoms with Crippen molar-refractivity contribution in [3.8, 4) is 5.75 Å². The highest BCUT2D eigenvalue weighted by molar-refractivity contribution is 5.60. The first kappa shape index (κ1) is 14.0. The van der Waals surface area contributed by atoms with E-state index < -0.39 is 0 Å². The van der Waals surface area contributed by atoms with E-state index in [4.69, 9.17) is 4.74 Å². The van der Waals surface area contributed by atoms with Crippen LogP contribution >= 0.6 is 0 Å². The minimum absolute atomic E-state index is 0.706. The lowest BCUT2D eigenvalue weighted by molar-refractivity contribution is 0.324. The summed E-state index contributed by atoms with van der Waals surface area (Å²) in [6, 6.07) is 16.6. The normalized spacial score (nSPS) is 14.4. The van der Waals surface area contributed by atoms with Gasteiger partial charge < -0.3 is 15.0 Å². The fraction of sp³-hybridized carbons (Fsp3) is 0.333. The fourth-order valence-electron chi connectivity index (χ4n) is 2.88. The highest BCUT2D eigenvalue weighted by Crippen LogP contribution is 2.26. The lowest BCUT2D eigenvalue weighted by atomic mass is 10.1. The van der Waals surface area contributed by atoms with Crippen molar-refractivity contribution in [2.75, 3.05) is 31.1 Å². The first-order valence-electron chi connectivity index (χ1n) is 7.56. The van der Waals surface area contributed by atoms with E-state index in [0.29, 0.717) is 6.61 Å². The number of fused-ring (bicyclic) bond motifs is 1. The zero-order valence-electron chi connectivity index (χ0n) is 12.5. The summed E-state index contributed by atoms with van der Waals surface area (Å²) >= 11 is 0. The molecule has 3 nitrogen and oxygen atoms in total. The predicted octanol–water partition coefficient (Wildman–Crippen LogP) is 2.98. The Bertz CT molecular complexity index is 583. The molecule has 1 aliphatic rings. The number of rotatable bonds is 4. The van der Waals surface area contributed by atoms with Gasteiger partial charge in [0.2, 0.25) is 0 Å². The minimum Gasteiger partial charge on any atom is -0.492 e. The lowest BCUT2D eigenvalue weighted by Crippen LogP contribution is -2.32. The van der Waals surface area contributed by atoms with Crippen LogP contribution in [0.15, 0.2) is 48.5 Å². The van der Waals surface area contributed by atoms with Crippen molar-refractivity contribution in [1.82, 2.24) is 5.32 Å². The summed E-state index contributed by atoms with van der Waals surface area (Å²) in [5.74, 6) is 0.940. The maximum Gasteiger partial charge on any atom is 0.119 e. The zero-order valence-corrected chi connectivity index (χ0v) is 12.5. The van der Waals surface area contributed by atoms with E-state index in [1.807, 2.05) is 30.3 Å². The minimum atomic E-state index is 0.706. The molecule has 1 heterocycles. The molecule has 21 heavy (non-hydrogen) atoms. The molecule has 110 valence electrons. The van der Waals surface area contributed by atoms with E-state index in [9.17, 15) is 0 Å². The summed E-state index contributed by atoms with van der Waals surface area (Å²) in [5, 5.41) is 3.49. The molecular formula is C18H22N2O. The number of nitrogens with zero attached hydrogens (tertiary/aromatic N) is 1. The molecule has 1 aliphatic heterocycles. The van der Waals surface area contributed by atoms with E-state index >= 15 is 0 Å². The summed E-state index contributed by atoms with van der Waals surface area (Å²) in [5.41, 5.74) is 4.10. The Morgan fingerprint density at radius 2 is 1.95 bits per heavy atom. The number of hydrogen-bond donors (Lipinski definition) is 1. The standard InChI is InChI=1S/C18H22N2O/c1-15-6-5-7-16-14-19-10-11-20(18(15)16)12-13-21-17-8-3-2-4-9-17/h2-9,19H,10-14H2,1H3. The molecule has 3 heteroatoms. The highest BCUT2D eigenvalue weighted by atomic mass is 16.5. The molecule has 0 amide bonds. The highest BCUT2D eigenvalue weighted by Gasteiger charge is 2.16. The Morgan fingerprint density at radius 3 is 2.81 bits per heavy atom. The van der Waals surface area contributed by atoms with Crippen LogP contribution in [0, 0.1) is 6.92 Å². The van der Waals surface area contributed by atoms with Gasteiger partial charge in [-0.3, -0.25) is 0 Å². The Balaban J connectivity index is 1.68. The second-order valence-electron chi connectivity index (χ2n) is 5.41. The van der Waals surface area contributed by atoms with Gasteiger partial charge >= 0.3 is 0 Å². The van der Waals surface area contributed by atoms with Crippen LogP contribution < -0.4 is 15.0 Å². The monoisotopic (exact) mass is 282 g/mol. The van der Waals surface area contributed by atoms with Gasteiger partial charge in [0.15, 0.2) is 0 Å². The Morgan fingerprint density at radius 1 is 1.10 bits per heavy atom. The second-order valence-corrected chi connectivity index (χ2v) is 5.41. The summed E-state index contributed by atoms with van der Waals surface area (Å²) < 4.78 is 5.84. The van der Waals surface area contributed by atoms with Crippen molar-refractivity contribution in [1.29, 1.82) is 0 Å². The Labute approximate surface area is 126 Å². The maximum atomic E-state index is 5.84. The summed E-state index contributed by atoms with van der Waals surface area (Å²) in [6.07, 6.45) is 0. The van der Waals surface area contributed by atoms with Gasteiger partial charge in [-0.2, -0.15) is 0 Å². The van der Waals surface area contributed by atoms with Gasteiger partial charge in [0.25, 0.3) is 0 Å². The molecule has 0 aromatic heterocycles. The third kappa shape index (κ3) is 3.37. The molecule has 3 rings (SSSR count). The Hall–Kier alpha value is -2.00. The molecule has 0 saturated heterocycles.